The average molecular weight is 201 g/mol. The van der Waals surface area contributed by atoms with Crippen LogP contribution in [-0.4, -0.2) is 39.0 Å². The molecule has 14 heavy (non-hydrogen) atoms. The Morgan fingerprint density at radius 1 is 1.07 bits per heavy atom. The van der Waals surface area contributed by atoms with E-state index in [4.69, 9.17) is 9.47 Å². The molecule has 0 aromatic rings. The highest BCUT2D eigenvalue weighted by Crippen LogP contribution is 2.18. The standard InChI is InChI=1S/C11H23NO2/c1-2-13-9-10-14-8-4-3-7-12-11-5-6-11/h11-12H,2-10H2,1H3. The van der Waals surface area contributed by atoms with Crippen molar-refractivity contribution in [3.8, 4) is 0 Å². The lowest BCUT2D eigenvalue weighted by Gasteiger charge is -2.04. The van der Waals surface area contributed by atoms with Gasteiger partial charge in [0.1, 0.15) is 0 Å². The highest BCUT2D eigenvalue weighted by Gasteiger charge is 2.19. The molecular weight excluding hydrogens is 178 g/mol. The van der Waals surface area contributed by atoms with Crippen molar-refractivity contribution in [1.29, 1.82) is 0 Å². The summed E-state index contributed by atoms with van der Waals surface area (Å²) in [6.07, 6.45) is 5.15. The molecular formula is C11H23NO2. The first-order valence-corrected chi connectivity index (χ1v) is 5.82. The molecule has 1 fully saturated rings. The topological polar surface area (TPSA) is 30.5 Å². The number of ether oxygens (including phenoxy) is 2. The van der Waals surface area contributed by atoms with E-state index in [2.05, 4.69) is 5.32 Å². The van der Waals surface area contributed by atoms with Gasteiger partial charge in [0.2, 0.25) is 0 Å². The first-order valence-electron chi connectivity index (χ1n) is 5.82. The quantitative estimate of drug-likeness (QED) is 0.544. The maximum Gasteiger partial charge on any atom is 0.0700 e. The molecule has 0 aliphatic heterocycles. The molecule has 0 aromatic heterocycles. The second-order valence-corrected chi connectivity index (χ2v) is 3.74. The largest absolute Gasteiger partial charge is 0.379 e. The lowest BCUT2D eigenvalue weighted by molar-refractivity contribution is 0.0514. The Hall–Kier alpha value is -0.120. The van der Waals surface area contributed by atoms with Gasteiger partial charge >= 0.3 is 0 Å². The predicted molar refractivity (Wildman–Crippen MR) is 57.6 cm³/mol. The van der Waals surface area contributed by atoms with Gasteiger partial charge in [-0.05, 0) is 39.2 Å². The molecule has 1 N–H and O–H groups in total. The van der Waals surface area contributed by atoms with E-state index in [-0.39, 0.29) is 0 Å². The van der Waals surface area contributed by atoms with Crippen LogP contribution in [0.4, 0.5) is 0 Å². The Labute approximate surface area is 87.2 Å². The molecule has 1 rings (SSSR count). The Kier molecular flexibility index (Phi) is 7.01. The highest BCUT2D eigenvalue weighted by atomic mass is 16.5. The van der Waals surface area contributed by atoms with Gasteiger partial charge in [-0.2, -0.15) is 0 Å². The summed E-state index contributed by atoms with van der Waals surface area (Å²) in [5.74, 6) is 0. The van der Waals surface area contributed by atoms with Crippen LogP contribution in [0.3, 0.4) is 0 Å². The van der Waals surface area contributed by atoms with E-state index in [1.165, 1.54) is 19.3 Å². The maximum absolute atomic E-state index is 5.41. The average Bonchev–Trinajstić information content (AvgIpc) is 2.99. The van der Waals surface area contributed by atoms with Crippen LogP contribution < -0.4 is 5.32 Å². The Morgan fingerprint density at radius 3 is 2.57 bits per heavy atom. The minimum Gasteiger partial charge on any atom is -0.379 e. The van der Waals surface area contributed by atoms with E-state index in [0.717, 1.165) is 45.4 Å². The van der Waals surface area contributed by atoms with Crippen molar-refractivity contribution in [2.75, 3.05) is 33.0 Å². The fraction of sp³-hybridized carbons (Fsp3) is 1.00. The second kappa shape index (κ2) is 8.21. The second-order valence-electron chi connectivity index (χ2n) is 3.74. The van der Waals surface area contributed by atoms with Gasteiger partial charge in [-0.15, -0.1) is 0 Å². The van der Waals surface area contributed by atoms with E-state index >= 15 is 0 Å². The van der Waals surface area contributed by atoms with Gasteiger partial charge in [0.15, 0.2) is 0 Å². The van der Waals surface area contributed by atoms with Crippen molar-refractivity contribution in [3.05, 3.63) is 0 Å². The summed E-state index contributed by atoms with van der Waals surface area (Å²) in [6, 6.07) is 0.842. The van der Waals surface area contributed by atoms with Crippen molar-refractivity contribution < 1.29 is 9.47 Å². The molecule has 1 aliphatic rings. The van der Waals surface area contributed by atoms with E-state index < -0.39 is 0 Å². The Bertz CT molecular complexity index is 126. The van der Waals surface area contributed by atoms with Crippen LogP contribution in [0.1, 0.15) is 32.6 Å². The number of unbranched alkanes of at least 4 members (excludes halogenated alkanes) is 1. The van der Waals surface area contributed by atoms with Crippen molar-refractivity contribution in [2.45, 2.75) is 38.6 Å². The van der Waals surface area contributed by atoms with Crippen LogP contribution in [0.5, 0.6) is 0 Å². The number of hydrogen-bond acceptors (Lipinski definition) is 3. The minimum atomic E-state index is 0.733. The first kappa shape index (κ1) is 12.0. The summed E-state index contributed by atoms with van der Waals surface area (Å²) in [6.45, 7) is 6.29. The molecule has 0 aromatic carbocycles. The molecule has 1 aliphatic carbocycles. The van der Waals surface area contributed by atoms with Gasteiger partial charge in [0.25, 0.3) is 0 Å². The fourth-order valence-corrected chi connectivity index (χ4v) is 1.29. The smallest absolute Gasteiger partial charge is 0.0700 e. The third kappa shape index (κ3) is 7.30. The van der Waals surface area contributed by atoms with Gasteiger partial charge in [-0.25, -0.2) is 0 Å². The number of rotatable bonds is 10. The van der Waals surface area contributed by atoms with Crippen molar-refractivity contribution in [1.82, 2.24) is 5.32 Å². The number of nitrogens with one attached hydrogen (secondary N) is 1. The monoisotopic (exact) mass is 201 g/mol. The van der Waals surface area contributed by atoms with Gasteiger partial charge in [0, 0.05) is 19.3 Å². The summed E-state index contributed by atoms with van der Waals surface area (Å²) in [5.41, 5.74) is 0. The van der Waals surface area contributed by atoms with Crippen LogP contribution in [0.15, 0.2) is 0 Å². The van der Waals surface area contributed by atoms with Crippen molar-refractivity contribution in [3.63, 3.8) is 0 Å². The molecule has 0 saturated heterocycles. The summed E-state index contributed by atoms with van der Waals surface area (Å²) in [4.78, 5) is 0. The molecule has 0 amide bonds. The summed E-state index contributed by atoms with van der Waals surface area (Å²) in [7, 11) is 0. The number of hydrogen-bond donors (Lipinski definition) is 1. The van der Waals surface area contributed by atoms with E-state index in [9.17, 15) is 0 Å². The van der Waals surface area contributed by atoms with Crippen LogP contribution in [-0.2, 0) is 9.47 Å². The molecule has 0 atom stereocenters. The molecule has 0 unspecified atom stereocenters. The van der Waals surface area contributed by atoms with Gasteiger partial charge < -0.3 is 14.8 Å². The zero-order chi connectivity index (χ0) is 10.1. The van der Waals surface area contributed by atoms with Crippen molar-refractivity contribution >= 4 is 0 Å². The summed E-state index contributed by atoms with van der Waals surface area (Å²) >= 11 is 0. The highest BCUT2D eigenvalue weighted by molar-refractivity contribution is 4.80. The normalized spacial score (nSPS) is 16.1. The zero-order valence-electron chi connectivity index (χ0n) is 9.26. The Morgan fingerprint density at radius 2 is 1.86 bits per heavy atom. The molecule has 0 heterocycles. The third-order valence-electron chi connectivity index (χ3n) is 2.30. The Balaban J connectivity index is 1.63. The third-order valence-corrected chi connectivity index (χ3v) is 2.30. The van der Waals surface area contributed by atoms with E-state index in [1.54, 1.807) is 0 Å². The summed E-state index contributed by atoms with van der Waals surface area (Å²) < 4.78 is 10.6. The SMILES string of the molecule is CCOCCOCCCCNC1CC1. The molecule has 1 saturated carbocycles. The van der Waals surface area contributed by atoms with E-state index in [0.29, 0.717) is 0 Å². The van der Waals surface area contributed by atoms with Crippen LogP contribution in [0.25, 0.3) is 0 Å². The maximum atomic E-state index is 5.41. The van der Waals surface area contributed by atoms with Gasteiger partial charge in [0.05, 0.1) is 13.2 Å². The van der Waals surface area contributed by atoms with Crippen LogP contribution in [0, 0.1) is 0 Å². The van der Waals surface area contributed by atoms with Crippen LogP contribution in [0.2, 0.25) is 0 Å². The fourth-order valence-electron chi connectivity index (χ4n) is 1.29. The molecule has 0 spiro atoms. The minimum absolute atomic E-state index is 0.733. The van der Waals surface area contributed by atoms with Gasteiger partial charge in [-0.3, -0.25) is 0 Å². The lowest BCUT2D eigenvalue weighted by atomic mass is 10.3. The van der Waals surface area contributed by atoms with Gasteiger partial charge in [-0.1, -0.05) is 0 Å². The van der Waals surface area contributed by atoms with Crippen molar-refractivity contribution in [2.24, 2.45) is 0 Å². The summed E-state index contributed by atoms with van der Waals surface area (Å²) in [5, 5.41) is 3.49. The molecule has 3 heteroatoms. The van der Waals surface area contributed by atoms with Crippen LogP contribution >= 0.6 is 0 Å². The van der Waals surface area contributed by atoms with E-state index in [1.807, 2.05) is 6.92 Å². The molecule has 84 valence electrons. The molecule has 0 bridgehead atoms. The zero-order valence-corrected chi connectivity index (χ0v) is 9.26. The molecule has 0 radical (unpaired) electrons. The lowest BCUT2D eigenvalue weighted by Crippen LogP contribution is -2.17. The molecule has 3 nitrogen and oxygen atoms in total. The first-order chi connectivity index (χ1) is 6.93. The predicted octanol–water partition coefficient (Wildman–Crippen LogP) is 1.57.